The normalized spacial score (nSPS) is 14.0. The highest BCUT2D eigenvalue weighted by molar-refractivity contribution is 5.98. The zero-order chi connectivity index (χ0) is 19.4. The summed E-state index contributed by atoms with van der Waals surface area (Å²) in [6.07, 6.45) is 1.47. The molecule has 8 heteroatoms. The molecule has 1 saturated heterocycles. The molecule has 0 N–H and O–H groups in total. The van der Waals surface area contributed by atoms with E-state index >= 15 is 0 Å². The maximum Gasteiger partial charge on any atom is 0.289 e. The quantitative estimate of drug-likeness (QED) is 0.795. The Labute approximate surface area is 157 Å². The maximum atomic E-state index is 13.0. The fourth-order valence-electron chi connectivity index (χ4n) is 3.11. The van der Waals surface area contributed by atoms with Gasteiger partial charge in [0.1, 0.15) is 0 Å². The Kier molecular flexibility index (Phi) is 5.54. The summed E-state index contributed by atoms with van der Waals surface area (Å²) in [6, 6.07) is 6.64. The molecule has 0 radical (unpaired) electrons. The molecule has 2 amide bonds. The van der Waals surface area contributed by atoms with Gasteiger partial charge in [0.05, 0.1) is 33.2 Å². The van der Waals surface area contributed by atoms with Crippen molar-refractivity contribution in [1.82, 2.24) is 9.80 Å². The molecule has 1 aromatic carbocycles. The summed E-state index contributed by atoms with van der Waals surface area (Å²) >= 11 is 0. The number of nitrogens with zero attached hydrogens (tertiary/aromatic N) is 2. The molecule has 0 bridgehead atoms. The molecule has 0 aliphatic carbocycles. The molecule has 0 spiro atoms. The third-order valence-electron chi connectivity index (χ3n) is 4.52. The van der Waals surface area contributed by atoms with E-state index in [1.165, 1.54) is 27.6 Å². The summed E-state index contributed by atoms with van der Waals surface area (Å²) in [6.45, 7) is 1.70. The molecule has 3 rings (SSSR count). The highest BCUT2D eigenvalue weighted by Crippen LogP contribution is 2.40. The van der Waals surface area contributed by atoms with Gasteiger partial charge in [0, 0.05) is 26.2 Å². The summed E-state index contributed by atoms with van der Waals surface area (Å²) in [4.78, 5) is 28.7. The molecule has 8 nitrogen and oxygen atoms in total. The van der Waals surface area contributed by atoms with Gasteiger partial charge in [0.15, 0.2) is 17.3 Å². The molecule has 27 heavy (non-hydrogen) atoms. The van der Waals surface area contributed by atoms with E-state index in [4.69, 9.17) is 18.6 Å². The summed E-state index contributed by atoms with van der Waals surface area (Å²) < 4.78 is 21.2. The van der Waals surface area contributed by atoms with E-state index in [1.807, 2.05) is 0 Å². The fourth-order valence-corrected chi connectivity index (χ4v) is 3.11. The minimum absolute atomic E-state index is 0.171. The number of piperazine rings is 1. The molecule has 2 aromatic rings. The maximum absolute atomic E-state index is 13.0. The molecule has 0 unspecified atom stereocenters. The molecular weight excluding hydrogens is 352 g/mol. The van der Waals surface area contributed by atoms with Gasteiger partial charge in [-0.1, -0.05) is 0 Å². The van der Waals surface area contributed by atoms with E-state index in [0.717, 1.165) is 0 Å². The van der Waals surface area contributed by atoms with Gasteiger partial charge in [0.25, 0.3) is 11.8 Å². The van der Waals surface area contributed by atoms with Gasteiger partial charge in [-0.15, -0.1) is 0 Å². The number of amides is 2. The van der Waals surface area contributed by atoms with Crippen LogP contribution >= 0.6 is 0 Å². The molecule has 2 heterocycles. The largest absolute Gasteiger partial charge is 0.493 e. The zero-order valence-corrected chi connectivity index (χ0v) is 15.6. The number of furan rings is 1. The third kappa shape index (κ3) is 3.55. The van der Waals surface area contributed by atoms with Gasteiger partial charge < -0.3 is 28.4 Å². The standard InChI is InChI=1S/C19H22N2O6/c1-24-14-7-6-13(16(25-2)17(14)26-3)18(22)20-8-10-21(11-9-20)19(23)15-5-4-12-27-15/h4-7,12H,8-11H2,1-3H3. The molecule has 0 atom stereocenters. The predicted molar refractivity (Wildman–Crippen MR) is 96.6 cm³/mol. The Morgan fingerprint density at radius 3 is 2.00 bits per heavy atom. The first-order chi connectivity index (χ1) is 13.1. The van der Waals surface area contributed by atoms with Crippen molar-refractivity contribution in [3.05, 3.63) is 41.9 Å². The van der Waals surface area contributed by atoms with Crippen LogP contribution in [0.25, 0.3) is 0 Å². The van der Waals surface area contributed by atoms with Gasteiger partial charge >= 0.3 is 0 Å². The van der Waals surface area contributed by atoms with Crippen LogP contribution in [-0.4, -0.2) is 69.1 Å². The Morgan fingerprint density at radius 2 is 1.48 bits per heavy atom. The highest BCUT2D eigenvalue weighted by Gasteiger charge is 2.29. The van der Waals surface area contributed by atoms with Crippen molar-refractivity contribution in [3.8, 4) is 17.2 Å². The van der Waals surface area contributed by atoms with Crippen molar-refractivity contribution >= 4 is 11.8 Å². The number of carbonyl (C=O) groups is 2. The molecular formula is C19H22N2O6. The van der Waals surface area contributed by atoms with Crippen LogP contribution in [0.1, 0.15) is 20.9 Å². The van der Waals surface area contributed by atoms with Crippen LogP contribution < -0.4 is 14.2 Å². The highest BCUT2D eigenvalue weighted by atomic mass is 16.5. The van der Waals surface area contributed by atoms with E-state index in [9.17, 15) is 9.59 Å². The fraction of sp³-hybridized carbons (Fsp3) is 0.368. The monoisotopic (exact) mass is 374 g/mol. The smallest absolute Gasteiger partial charge is 0.289 e. The van der Waals surface area contributed by atoms with Crippen molar-refractivity contribution in [2.75, 3.05) is 47.5 Å². The summed E-state index contributed by atoms with van der Waals surface area (Å²) in [7, 11) is 4.50. The number of benzene rings is 1. The zero-order valence-electron chi connectivity index (χ0n) is 15.6. The second-order valence-corrected chi connectivity index (χ2v) is 5.94. The van der Waals surface area contributed by atoms with E-state index in [2.05, 4.69) is 0 Å². The summed E-state index contributed by atoms with van der Waals surface area (Å²) in [5.74, 6) is 1.14. The van der Waals surface area contributed by atoms with Gasteiger partial charge in [-0.3, -0.25) is 9.59 Å². The number of rotatable bonds is 5. The molecule has 1 aliphatic rings. The lowest BCUT2D eigenvalue weighted by Gasteiger charge is -2.34. The summed E-state index contributed by atoms with van der Waals surface area (Å²) in [5, 5.41) is 0. The molecule has 0 saturated carbocycles. The second-order valence-electron chi connectivity index (χ2n) is 5.94. The first-order valence-corrected chi connectivity index (χ1v) is 8.51. The van der Waals surface area contributed by atoms with Gasteiger partial charge in [0.2, 0.25) is 5.75 Å². The molecule has 1 aliphatic heterocycles. The van der Waals surface area contributed by atoms with Crippen LogP contribution in [0.15, 0.2) is 34.9 Å². The average molecular weight is 374 g/mol. The first-order valence-electron chi connectivity index (χ1n) is 8.51. The van der Waals surface area contributed by atoms with Gasteiger partial charge in [-0.2, -0.15) is 0 Å². The molecule has 1 fully saturated rings. The minimum Gasteiger partial charge on any atom is -0.493 e. The number of methoxy groups -OCH3 is 3. The number of carbonyl (C=O) groups excluding carboxylic acids is 2. The van der Waals surface area contributed by atoms with Crippen molar-refractivity contribution in [2.45, 2.75) is 0 Å². The van der Waals surface area contributed by atoms with Crippen molar-refractivity contribution < 1.29 is 28.2 Å². The third-order valence-corrected chi connectivity index (χ3v) is 4.52. The number of hydrogen-bond acceptors (Lipinski definition) is 6. The van der Waals surface area contributed by atoms with Crippen LogP contribution in [0.4, 0.5) is 0 Å². The van der Waals surface area contributed by atoms with Crippen LogP contribution in [0.3, 0.4) is 0 Å². The van der Waals surface area contributed by atoms with E-state index in [-0.39, 0.29) is 11.8 Å². The SMILES string of the molecule is COc1ccc(C(=O)N2CCN(C(=O)c3ccco3)CC2)c(OC)c1OC. The lowest BCUT2D eigenvalue weighted by Crippen LogP contribution is -2.50. The average Bonchev–Trinajstić information content (AvgIpc) is 3.26. The van der Waals surface area contributed by atoms with Crippen molar-refractivity contribution in [3.63, 3.8) is 0 Å². The molecule has 144 valence electrons. The molecule has 1 aromatic heterocycles. The van der Waals surface area contributed by atoms with Crippen LogP contribution in [0, 0.1) is 0 Å². The number of ether oxygens (including phenoxy) is 3. The topological polar surface area (TPSA) is 81.5 Å². The lowest BCUT2D eigenvalue weighted by molar-refractivity contribution is 0.0516. The van der Waals surface area contributed by atoms with E-state index in [0.29, 0.717) is 54.8 Å². The Hall–Kier alpha value is -3.16. The van der Waals surface area contributed by atoms with Gasteiger partial charge in [-0.05, 0) is 24.3 Å². The second kappa shape index (κ2) is 8.03. The van der Waals surface area contributed by atoms with E-state index < -0.39 is 0 Å². The van der Waals surface area contributed by atoms with Crippen molar-refractivity contribution in [2.24, 2.45) is 0 Å². The van der Waals surface area contributed by atoms with Crippen LogP contribution in [0.2, 0.25) is 0 Å². The predicted octanol–water partition coefficient (Wildman–Crippen LogP) is 1.90. The van der Waals surface area contributed by atoms with Crippen LogP contribution in [-0.2, 0) is 0 Å². The minimum atomic E-state index is -0.182. The first kappa shape index (κ1) is 18.6. The van der Waals surface area contributed by atoms with Crippen LogP contribution in [0.5, 0.6) is 17.2 Å². The number of hydrogen-bond donors (Lipinski definition) is 0. The Morgan fingerprint density at radius 1 is 0.852 bits per heavy atom. The lowest BCUT2D eigenvalue weighted by atomic mass is 10.1. The van der Waals surface area contributed by atoms with Gasteiger partial charge in [-0.25, -0.2) is 0 Å². The van der Waals surface area contributed by atoms with E-state index in [1.54, 1.807) is 34.1 Å². The van der Waals surface area contributed by atoms with Crippen molar-refractivity contribution in [1.29, 1.82) is 0 Å². The summed E-state index contributed by atoms with van der Waals surface area (Å²) in [5.41, 5.74) is 0.390. The Bertz CT molecular complexity index is 810. The Balaban J connectivity index is 1.73.